The van der Waals surface area contributed by atoms with Gasteiger partial charge in [0.2, 0.25) is 0 Å². The molecule has 1 N–H and O–H groups in total. The van der Waals surface area contributed by atoms with Crippen molar-refractivity contribution in [2.45, 2.75) is 0 Å². The second kappa shape index (κ2) is 6.36. The van der Waals surface area contributed by atoms with Crippen LogP contribution in [0.5, 0.6) is 0 Å². The molecule has 0 aliphatic heterocycles. The number of aromatic nitrogens is 5. The van der Waals surface area contributed by atoms with Crippen LogP contribution in [0.2, 0.25) is 0 Å². The van der Waals surface area contributed by atoms with Crippen LogP contribution in [0.4, 0.5) is 5.69 Å². The molecule has 0 bridgehead atoms. The van der Waals surface area contributed by atoms with Gasteiger partial charge in [-0.3, -0.25) is 4.79 Å². The molecular weight excluding hydrogens is 320 g/mol. The van der Waals surface area contributed by atoms with E-state index in [1.165, 1.54) is 17.4 Å². The van der Waals surface area contributed by atoms with Gasteiger partial charge in [-0.1, -0.05) is 12.1 Å². The van der Waals surface area contributed by atoms with Crippen molar-refractivity contribution in [3.8, 4) is 17.0 Å². The van der Waals surface area contributed by atoms with Crippen molar-refractivity contribution in [2.75, 3.05) is 5.32 Å². The Labute approximate surface area is 142 Å². The Morgan fingerprint density at radius 1 is 1.04 bits per heavy atom. The van der Waals surface area contributed by atoms with Crippen molar-refractivity contribution in [3.63, 3.8) is 0 Å². The molecule has 0 atom stereocenters. The highest BCUT2D eigenvalue weighted by Gasteiger charge is 2.08. The lowest BCUT2D eigenvalue weighted by Crippen LogP contribution is -2.11. The lowest BCUT2D eigenvalue weighted by atomic mass is 10.1. The number of oxazole rings is 1. The first-order chi connectivity index (χ1) is 12.3. The monoisotopic (exact) mass is 332 g/mol. The summed E-state index contributed by atoms with van der Waals surface area (Å²) in [5.41, 5.74) is 2.90. The number of rotatable bonds is 4. The molecule has 0 radical (unpaired) electrons. The van der Waals surface area contributed by atoms with Crippen LogP contribution in [-0.2, 0) is 0 Å². The molecule has 4 rings (SSSR count). The first kappa shape index (κ1) is 14.8. The average Bonchev–Trinajstić information content (AvgIpc) is 3.36. The van der Waals surface area contributed by atoms with E-state index in [1.54, 1.807) is 30.5 Å². The van der Waals surface area contributed by atoms with Crippen molar-refractivity contribution in [3.05, 3.63) is 73.0 Å². The number of tetrazole rings is 1. The van der Waals surface area contributed by atoms with Gasteiger partial charge in [0.15, 0.2) is 12.2 Å². The maximum absolute atomic E-state index is 12.3. The van der Waals surface area contributed by atoms with E-state index in [2.05, 4.69) is 25.8 Å². The van der Waals surface area contributed by atoms with Gasteiger partial charge < -0.3 is 9.73 Å². The summed E-state index contributed by atoms with van der Waals surface area (Å²) in [6, 6.07) is 14.3. The minimum Gasteiger partial charge on any atom is -0.444 e. The van der Waals surface area contributed by atoms with E-state index in [4.69, 9.17) is 4.42 Å². The van der Waals surface area contributed by atoms with Crippen molar-refractivity contribution < 1.29 is 9.21 Å². The Balaban J connectivity index is 1.46. The minimum absolute atomic E-state index is 0.195. The third-order valence-corrected chi connectivity index (χ3v) is 3.60. The Morgan fingerprint density at radius 3 is 2.48 bits per heavy atom. The molecule has 0 fully saturated rings. The van der Waals surface area contributed by atoms with E-state index in [9.17, 15) is 4.79 Å². The van der Waals surface area contributed by atoms with Gasteiger partial charge in [0.25, 0.3) is 5.91 Å². The normalized spacial score (nSPS) is 10.6. The summed E-state index contributed by atoms with van der Waals surface area (Å²) in [7, 11) is 0. The van der Waals surface area contributed by atoms with Crippen LogP contribution in [0.3, 0.4) is 0 Å². The van der Waals surface area contributed by atoms with Gasteiger partial charge in [-0.15, -0.1) is 5.10 Å². The Kier molecular flexibility index (Phi) is 3.76. The number of nitrogens with one attached hydrogen (secondary N) is 1. The zero-order chi connectivity index (χ0) is 17.1. The van der Waals surface area contributed by atoms with Crippen LogP contribution >= 0.6 is 0 Å². The van der Waals surface area contributed by atoms with E-state index in [-0.39, 0.29) is 5.91 Å². The molecule has 8 nitrogen and oxygen atoms in total. The van der Waals surface area contributed by atoms with Crippen molar-refractivity contribution >= 4 is 11.6 Å². The molecule has 0 saturated carbocycles. The zero-order valence-electron chi connectivity index (χ0n) is 12.9. The standard InChI is InChI=1S/C17H12N6O2/c24-17(13-3-1-12(2-4-13)16-9-18-11-25-16)20-14-5-7-15(8-6-14)23-10-19-21-22-23/h1-11H,(H,20,24). The second-order valence-corrected chi connectivity index (χ2v) is 5.20. The molecule has 1 amide bonds. The van der Waals surface area contributed by atoms with Crippen LogP contribution in [-0.4, -0.2) is 31.1 Å². The molecule has 2 aromatic carbocycles. The molecule has 0 spiro atoms. The van der Waals surface area contributed by atoms with Gasteiger partial charge in [0.05, 0.1) is 11.9 Å². The van der Waals surface area contributed by atoms with E-state index in [1.807, 2.05) is 24.3 Å². The summed E-state index contributed by atoms with van der Waals surface area (Å²) in [6.45, 7) is 0. The fourth-order valence-electron chi connectivity index (χ4n) is 2.32. The molecule has 8 heteroatoms. The maximum Gasteiger partial charge on any atom is 0.255 e. The second-order valence-electron chi connectivity index (χ2n) is 5.20. The third-order valence-electron chi connectivity index (χ3n) is 3.60. The molecule has 0 aliphatic carbocycles. The van der Waals surface area contributed by atoms with Crippen molar-refractivity contribution in [1.82, 2.24) is 25.2 Å². The topological polar surface area (TPSA) is 98.7 Å². The summed E-state index contributed by atoms with van der Waals surface area (Å²) in [6.07, 6.45) is 4.50. The molecule has 0 aliphatic rings. The zero-order valence-corrected chi connectivity index (χ0v) is 12.9. The van der Waals surface area contributed by atoms with Gasteiger partial charge in [0, 0.05) is 16.8 Å². The van der Waals surface area contributed by atoms with Gasteiger partial charge in [-0.2, -0.15) is 0 Å². The van der Waals surface area contributed by atoms with Crippen LogP contribution in [0.1, 0.15) is 10.4 Å². The van der Waals surface area contributed by atoms with E-state index < -0.39 is 0 Å². The number of carbonyl (C=O) groups excluding carboxylic acids is 1. The SMILES string of the molecule is O=C(Nc1ccc(-n2cnnn2)cc1)c1ccc(-c2cnco2)cc1. The fraction of sp³-hybridized carbons (Fsp3) is 0. The molecule has 2 heterocycles. The number of nitrogens with zero attached hydrogens (tertiary/aromatic N) is 5. The molecule has 4 aromatic rings. The summed E-state index contributed by atoms with van der Waals surface area (Å²) < 4.78 is 6.77. The lowest BCUT2D eigenvalue weighted by molar-refractivity contribution is 0.102. The fourth-order valence-corrected chi connectivity index (χ4v) is 2.32. The van der Waals surface area contributed by atoms with Gasteiger partial charge in [0.1, 0.15) is 6.33 Å². The molecule has 0 unspecified atom stereocenters. The number of amides is 1. The van der Waals surface area contributed by atoms with Gasteiger partial charge in [-0.25, -0.2) is 9.67 Å². The predicted molar refractivity (Wildman–Crippen MR) is 89.0 cm³/mol. The molecule has 25 heavy (non-hydrogen) atoms. The first-order valence-corrected chi connectivity index (χ1v) is 7.43. The average molecular weight is 332 g/mol. The largest absolute Gasteiger partial charge is 0.444 e. The summed E-state index contributed by atoms with van der Waals surface area (Å²) in [4.78, 5) is 16.2. The number of hydrogen-bond acceptors (Lipinski definition) is 6. The number of benzene rings is 2. The maximum atomic E-state index is 12.3. The number of carbonyl (C=O) groups is 1. The van der Waals surface area contributed by atoms with Crippen LogP contribution < -0.4 is 5.32 Å². The Bertz CT molecular complexity index is 961. The minimum atomic E-state index is -0.195. The molecule has 2 aromatic heterocycles. The predicted octanol–water partition coefficient (Wildman–Crippen LogP) is 2.57. The summed E-state index contributed by atoms with van der Waals surface area (Å²) in [5.74, 6) is 0.462. The van der Waals surface area contributed by atoms with E-state index >= 15 is 0 Å². The van der Waals surface area contributed by atoms with E-state index in [0.29, 0.717) is 17.0 Å². The Morgan fingerprint density at radius 2 is 1.84 bits per heavy atom. The Hall–Kier alpha value is -3.81. The van der Waals surface area contributed by atoms with Crippen LogP contribution in [0.25, 0.3) is 17.0 Å². The quantitative estimate of drug-likeness (QED) is 0.616. The van der Waals surface area contributed by atoms with Crippen LogP contribution in [0.15, 0.2) is 71.9 Å². The highest BCUT2D eigenvalue weighted by Crippen LogP contribution is 2.19. The molecular formula is C17H12N6O2. The van der Waals surface area contributed by atoms with E-state index in [0.717, 1.165) is 11.3 Å². The smallest absolute Gasteiger partial charge is 0.255 e. The highest BCUT2D eigenvalue weighted by molar-refractivity contribution is 6.04. The first-order valence-electron chi connectivity index (χ1n) is 7.43. The third kappa shape index (κ3) is 3.13. The van der Waals surface area contributed by atoms with Gasteiger partial charge in [-0.05, 0) is 46.8 Å². The number of hydrogen-bond donors (Lipinski definition) is 1. The summed E-state index contributed by atoms with van der Waals surface area (Å²) in [5, 5.41) is 13.8. The lowest BCUT2D eigenvalue weighted by Gasteiger charge is -2.07. The number of anilines is 1. The highest BCUT2D eigenvalue weighted by atomic mass is 16.3. The van der Waals surface area contributed by atoms with Crippen molar-refractivity contribution in [1.29, 1.82) is 0 Å². The molecule has 0 saturated heterocycles. The van der Waals surface area contributed by atoms with Crippen molar-refractivity contribution in [2.24, 2.45) is 0 Å². The van der Waals surface area contributed by atoms with Gasteiger partial charge >= 0.3 is 0 Å². The molecule has 122 valence electrons. The summed E-state index contributed by atoms with van der Waals surface area (Å²) >= 11 is 0. The van der Waals surface area contributed by atoms with Crippen LogP contribution in [0, 0.1) is 0 Å².